The van der Waals surface area contributed by atoms with Crippen LogP contribution in [-0.2, 0) is 4.74 Å². The molecule has 0 unspecified atom stereocenters. The van der Waals surface area contributed by atoms with Gasteiger partial charge in [0, 0.05) is 26.8 Å². The van der Waals surface area contributed by atoms with Crippen molar-refractivity contribution in [2.45, 2.75) is 12.8 Å². The molecule has 0 spiro atoms. The molecule has 3 nitrogen and oxygen atoms in total. The number of para-hydroxylation sites is 1. The molecule has 2 N–H and O–H groups in total. The molecule has 1 heterocycles. The zero-order chi connectivity index (χ0) is 12.3. The molecule has 1 aliphatic rings. The van der Waals surface area contributed by atoms with E-state index in [0.29, 0.717) is 5.92 Å². The number of rotatable bonds is 3. The average molecular weight is 238 g/mol. The Morgan fingerprint density at radius 2 is 2.12 bits per heavy atom. The van der Waals surface area contributed by atoms with E-state index in [9.17, 15) is 4.39 Å². The first-order chi connectivity index (χ1) is 8.18. The highest BCUT2D eigenvalue weighted by molar-refractivity contribution is 5.67. The molecule has 1 aromatic carbocycles. The third kappa shape index (κ3) is 2.88. The van der Waals surface area contributed by atoms with Gasteiger partial charge in [0.05, 0.1) is 11.4 Å². The molecule has 1 fully saturated rings. The first-order valence-electron chi connectivity index (χ1n) is 6.01. The van der Waals surface area contributed by atoms with Crippen LogP contribution in [0.1, 0.15) is 12.8 Å². The average Bonchev–Trinajstić information content (AvgIpc) is 2.34. The van der Waals surface area contributed by atoms with Gasteiger partial charge >= 0.3 is 0 Å². The van der Waals surface area contributed by atoms with E-state index < -0.39 is 0 Å². The van der Waals surface area contributed by atoms with Crippen molar-refractivity contribution in [1.82, 2.24) is 0 Å². The van der Waals surface area contributed by atoms with E-state index in [0.717, 1.165) is 38.3 Å². The Kier molecular flexibility index (Phi) is 3.84. The molecule has 0 saturated carbocycles. The van der Waals surface area contributed by atoms with E-state index in [1.165, 1.54) is 6.07 Å². The number of benzene rings is 1. The van der Waals surface area contributed by atoms with Gasteiger partial charge in [-0.1, -0.05) is 6.07 Å². The Labute approximate surface area is 101 Å². The van der Waals surface area contributed by atoms with Gasteiger partial charge in [0.15, 0.2) is 0 Å². The van der Waals surface area contributed by atoms with Crippen molar-refractivity contribution >= 4 is 11.4 Å². The molecule has 17 heavy (non-hydrogen) atoms. The van der Waals surface area contributed by atoms with Crippen LogP contribution in [0.5, 0.6) is 0 Å². The fraction of sp³-hybridized carbons (Fsp3) is 0.538. The fourth-order valence-electron chi connectivity index (χ4n) is 2.27. The molecule has 0 radical (unpaired) electrons. The number of nitrogen functional groups attached to an aromatic ring is 1. The van der Waals surface area contributed by atoms with Gasteiger partial charge in [-0.3, -0.25) is 0 Å². The summed E-state index contributed by atoms with van der Waals surface area (Å²) in [6, 6.07) is 4.94. The van der Waals surface area contributed by atoms with Gasteiger partial charge in [-0.05, 0) is 30.9 Å². The van der Waals surface area contributed by atoms with Crippen molar-refractivity contribution in [2.24, 2.45) is 5.92 Å². The van der Waals surface area contributed by atoms with Crippen LogP contribution in [0.15, 0.2) is 18.2 Å². The van der Waals surface area contributed by atoms with Crippen LogP contribution in [0.3, 0.4) is 0 Å². The van der Waals surface area contributed by atoms with Crippen molar-refractivity contribution in [3.05, 3.63) is 24.0 Å². The summed E-state index contributed by atoms with van der Waals surface area (Å²) in [6.07, 6.45) is 2.14. The van der Waals surface area contributed by atoms with Gasteiger partial charge in [0.1, 0.15) is 5.82 Å². The predicted octanol–water partition coefficient (Wildman–Crippen LogP) is 2.27. The molecular formula is C13H19FN2O. The number of hydrogen-bond acceptors (Lipinski definition) is 3. The largest absolute Gasteiger partial charge is 0.395 e. The summed E-state index contributed by atoms with van der Waals surface area (Å²) < 4.78 is 18.7. The van der Waals surface area contributed by atoms with Crippen molar-refractivity contribution in [3.63, 3.8) is 0 Å². The molecular weight excluding hydrogens is 219 g/mol. The van der Waals surface area contributed by atoms with Crippen LogP contribution >= 0.6 is 0 Å². The van der Waals surface area contributed by atoms with E-state index in [4.69, 9.17) is 10.5 Å². The Balaban J connectivity index is 2.03. The van der Waals surface area contributed by atoms with Crippen molar-refractivity contribution < 1.29 is 9.13 Å². The number of nitrogens with two attached hydrogens (primary N) is 1. The summed E-state index contributed by atoms with van der Waals surface area (Å²) in [5.41, 5.74) is 6.76. The molecule has 0 amide bonds. The number of anilines is 2. The summed E-state index contributed by atoms with van der Waals surface area (Å²) in [5.74, 6) is 0.262. The molecule has 0 bridgehead atoms. The highest BCUT2D eigenvalue weighted by Gasteiger charge is 2.17. The number of hydrogen-bond donors (Lipinski definition) is 1. The highest BCUT2D eigenvalue weighted by atomic mass is 19.1. The van der Waals surface area contributed by atoms with Crippen molar-refractivity contribution in [1.29, 1.82) is 0 Å². The first-order valence-corrected chi connectivity index (χ1v) is 6.01. The Morgan fingerprint density at radius 1 is 1.41 bits per heavy atom. The number of ether oxygens (including phenoxy) is 1. The minimum absolute atomic E-state index is 0.238. The molecule has 94 valence electrons. The summed E-state index contributed by atoms with van der Waals surface area (Å²) in [5, 5.41) is 0. The van der Waals surface area contributed by atoms with Crippen LogP contribution in [0.2, 0.25) is 0 Å². The Bertz CT molecular complexity index is 378. The van der Waals surface area contributed by atoms with Crippen molar-refractivity contribution in [3.8, 4) is 0 Å². The second-order valence-electron chi connectivity index (χ2n) is 4.61. The van der Waals surface area contributed by atoms with Crippen molar-refractivity contribution in [2.75, 3.05) is 37.4 Å². The second-order valence-corrected chi connectivity index (χ2v) is 4.61. The van der Waals surface area contributed by atoms with Gasteiger partial charge < -0.3 is 15.4 Å². The normalized spacial score (nSPS) is 17.1. The zero-order valence-corrected chi connectivity index (χ0v) is 10.2. The predicted molar refractivity (Wildman–Crippen MR) is 67.6 cm³/mol. The van der Waals surface area contributed by atoms with Gasteiger partial charge in [-0.15, -0.1) is 0 Å². The Morgan fingerprint density at radius 3 is 2.82 bits per heavy atom. The van der Waals surface area contributed by atoms with Gasteiger partial charge in [-0.25, -0.2) is 4.39 Å². The summed E-state index contributed by atoms with van der Waals surface area (Å²) in [4.78, 5) is 2.04. The third-order valence-corrected chi connectivity index (χ3v) is 3.31. The van der Waals surface area contributed by atoms with Crippen LogP contribution in [0, 0.1) is 11.7 Å². The lowest BCUT2D eigenvalue weighted by molar-refractivity contribution is 0.0685. The lowest BCUT2D eigenvalue weighted by Gasteiger charge is -2.29. The third-order valence-electron chi connectivity index (χ3n) is 3.31. The van der Waals surface area contributed by atoms with Crippen LogP contribution in [0.25, 0.3) is 0 Å². The maximum atomic E-state index is 13.3. The molecule has 2 rings (SSSR count). The highest BCUT2D eigenvalue weighted by Crippen LogP contribution is 2.26. The lowest BCUT2D eigenvalue weighted by Crippen LogP contribution is -2.30. The smallest absolute Gasteiger partial charge is 0.148 e. The molecule has 1 aliphatic heterocycles. The van der Waals surface area contributed by atoms with E-state index in [1.807, 2.05) is 18.0 Å². The topological polar surface area (TPSA) is 38.5 Å². The summed E-state index contributed by atoms with van der Waals surface area (Å²) in [6.45, 7) is 2.56. The van der Waals surface area contributed by atoms with E-state index >= 15 is 0 Å². The monoisotopic (exact) mass is 238 g/mol. The number of nitrogens with zero attached hydrogens (tertiary/aromatic N) is 1. The minimum Gasteiger partial charge on any atom is -0.395 e. The molecule has 0 aromatic heterocycles. The van der Waals surface area contributed by atoms with Gasteiger partial charge in [0.2, 0.25) is 0 Å². The lowest BCUT2D eigenvalue weighted by atomic mass is 9.99. The summed E-state index contributed by atoms with van der Waals surface area (Å²) >= 11 is 0. The van der Waals surface area contributed by atoms with E-state index in [1.54, 1.807) is 6.07 Å². The second kappa shape index (κ2) is 5.36. The zero-order valence-electron chi connectivity index (χ0n) is 10.2. The van der Waals surface area contributed by atoms with Crippen LogP contribution in [0.4, 0.5) is 15.8 Å². The Hall–Kier alpha value is -1.29. The quantitative estimate of drug-likeness (QED) is 0.821. The first kappa shape index (κ1) is 12.2. The standard InChI is InChI=1S/C13H19FN2O/c1-16(9-10-5-7-17-8-6-10)12-4-2-3-11(14)13(12)15/h2-4,10H,5-9,15H2,1H3. The molecule has 0 aliphatic carbocycles. The van der Waals surface area contributed by atoms with Gasteiger partial charge in [-0.2, -0.15) is 0 Å². The maximum absolute atomic E-state index is 13.3. The minimum atomic E-state index is -0.346. The maximum Gasteiger partial charge on any atom is 0.148 e. The molecule has 0 atom stereocenters. The summed E-state index contributed by atoms with van der Waals surface area (Å²) in [7, 11) is 1.96. The van der Waals surface area contributed by atoms with Gasteiger partial charge in [0.25, 0.3) is 0 Å². The van der Waals surface area contributed by atoms with E-state index in [2.05, 4.69) is 0 Å². The van der Waals surface area contributed by atoms with Crippen LogP contribution in [-0.4, -0.2) is 26.8 Å². The van der Waals surface area contributed by atoms with E-state index in [-0.39, 0.29) is 11.5 Å². The SMILES string of the molecule is CN(CC1CCOCC1)c1cccc(F)c1N. The molecule has 1 saturated heterocycles. The fourth-order valence-corrected chi connectivity index (χ4v) is 2.27. The number of halogens is 1. The van der Waals surface area contributed by atoms with Crippen LogP contribution < -0.4 is 10.6 Å². The molecule has 1 aromatic rings. The molecule has 4 heteroatoms.